The summed E-state index contributed by atoms with van der Waals surface area (Å²) >= 11 is 1.73. The molecular formula is C16H22N4OS. The first-order valence-electron chi connectivity index (χ1n) is 7.19. The van der Waals surface area contributed by atoms with E-state index in [-0.39, 0.29) is 0 Å². The molecule has 0 saturated carbocycles. The molecule has 0 saturated heterocycles. The lowest BCUT2D eigenvalue weighted by Crippen LogP contribution is -2.38. The van der Waals surface area contributed by atoms with E-state index in [1.807, 2.05) is 18.2 Å². The van der Waals surface area contributed by atoms with Crippen LogP contribution in [0.1, 0.15) is 24.1 Å². The third-order valence-corrected chi connectivity index (χ3v) is 4.04. The first kappa shape index (κ1) is 16.3. The second-order valence-corrected chi connectivity index (χ2v) is 5.72. The predicted molar refractivity (Wildman–Crippen MR) is 91.7 cm³/mol. The lowest BCUT2D eigenvalue weighted by Gasteiger charge is -2.15. The van der Waals surface area contributed by atoms with Crippen LogP contribution in [0.15, 0.2) is 40.0 Å². The standard InChI is InChI=1S/C16H22N4OS/c1-12(13-7-8-22-11-13)9-18-16(17-2)19-10-14-5-4-6-15(20-14)21-3/h4-8,11-12H,9-10H2,1-3H3,(H2,17,18,19). The number of hydrogen-bond acceptors (Lipinski definition) is 4. The smallest absolute Gasteiger partial charge is 0.213 e. The van der Waals surface area contributed by atoms with Crippen molar-refractivity contribution in [3.63, 3.8) is 0 Å². The van der Waals surface area contributed by atoms with Crippen molar-refractivity contribution in [1.82, 2.24) is 15.6 Å². The van der Waals surface area contributed by atoms with Gasteiger partial charge in [0.1, 0.15) is 0 Å². The molecule has 2 aromatic rings. The van der Waals surface area contributed by atoms with Gasteiger partial charge in [-0.05, 0) is 34.4 Å². The van der Waals surface area contributed by atoms with Crippen molar-refractivity contribution < 1.29 is 4.74 Å². The van der Waals surface area contributed by atoms with Crippen LogP contribution >= 0.6 is 11.3 Å². The van der Waals surface area contributed by atoms with Gasteiger partial charge in [0.05, 0.1) is 19.3 Å². The maximum Gasteiger partial charge on any atom is 0.213 e. The first-order valence-corrected chi connectivity index (χ1v) is 8.13. The maximum atomic E-state index is 5.12. The van der Waals surface area contributed by atoms with Gasteiger partial charge in [-0.2, -0.15) is 11.3 Å². The molecule has 1 unspecified atom stereocenters. The van der Waals surface area contributed by atoms with E-state index >= 15 is 0 Å². The molecule has 5 nitrogen and oxygen atoms in total. The fraction of sp³-hybridized carbons (Fsp3) is 0.375. The molecule has 0 amide bonds. The zero-order valence-corrected chi connectivity index (χ0v) is 14.0. The van der Waals surface area contributed by atoms with Gasteiger partial charge in [0.15, 0.2) is 5.96 Å². The van der Waals surface area contributed by atoms with Gasteiger partial charge in [0, 0.05) is 19.7 Å². The van der Waals surface area contributed by atoms with Gasteiger partial charge in [0.2, 0.25) is 5.88 Å². The van der Waals surface area contributed by atoms with Gasteiger partial charge in [0.25, 0.3) is 0 Å². The Labute approximate surface area is 135 Å². The molecule has 2 aromatic heterocycles. The van der Waals surface area contributed by atoms with Gasteiger partial charge >= 0.3 is 0 Å². The number of thiophene rings is 1. The number of rotatable bonds is 6. The van der Waals surface area contributed by atoms with Crippen LogP contribution in [0, 0.1) is 0 Å². The van der Waals surface area contributed by atoms with E-state index in [9.17, 15) is 0 Å². The molecule has 2 heterocycles. The largest absolute Gasteiger partial charge is 0.481 e. The third-order valence-electron chi connectivity index (χ3n) is 3.34. The van der Waals surface area contributed by atoms with Crippen LogP contribution in [-0.2, 0) is 6.54 Å². The molecule has 0 aliphatic rings. The second-order valence-electron chi connectivity index (χ2n) is 4.94. The summed E-state index contributed by atoms with van der Waals surface area (Å²) in [6.07, 6.45) is 0. The van der Waals surface area contributed by atoms with E-state index in [1.54, 1.807) is 25.5 Å². The summed E-state index contributed by atoms with van der Waals surface area (Å²) in [6.45, 7) is 3.64. The van der Waals surface area contributed by atoms with Crippen LogP contribution in [-0.4, -0.2) is 31.6 Å². The number of nitrogens with one attached hydrogen (secondary N) is 2. The van der Waals surface area contributed by atoms with Crippen molar-refractivity contribution in [1.29, 1.82) is 0 Å². The summed E-state index contributed by atoms with van der Waals surface area (Å²) in [5.74, 6) is 1.83. The average molecular weight is 318 g/mol. The van der Waals surface area contributed by atoms with Crippen molar-refractivity contribution >= 4 is 17.3 Å². The second kappa shape index (κ2) is 8.38. The highest BCUT2D eigenvalue weighted by atomic mass is 32.1. The van der Waals surface area contributed by atoms with Crippen LogP contribution in [0.5, 0.6) is 5.88 Å². The number of ether oxygens (including phenoxy) is 1. The summed E-state index contributed by atoms with van der Waals surface area (Å²) in [4.78, 5) is 8.60. The minimum absolute atomic E-state index is 0.444. The number of aliphatic imine (C=N–C) groups is 1. The molecule has 6 heteroatoms. The number of nitrogens with zero attached hydrogens (tertiary/aromatic N) is 2. The average Bonchev–Trinajstić information content (AvgIpc) is 3.09. The Morgan fingerprint density at radius 2 is 2.23 bits per heavy atom. The number of hydrogen-bond donors (Lipinski definition) is 2. The Bertz CT molecular complexity index is 598. The van der Waals surface area contributed by atoms with E-state index in [0.717, 1.165) is 18.2 Å². The van der Waals surface area contributed by atoms with E-state index in [0.29, 0.717) is 18.3 Å². The van der Waals surface area contributed by atoms with Gasteiger partial charge in [-0.1, -0.05) is 13.0 Å². The van der Waals surface area contributed by atoms with E-state index < -0.39 is 0 Å². The Hall–Kier alpha value is -2.08. The SMILES string of the molecule is CN=C(NCc1cccc(OC)n1)NCC(C)c1ccsc1. The molecule has 0 aliphatic carbocycles. The van der Waals surface area contributed by atoms with Crippen LogP contribution < -0.4 is 15.4 Å². The maximum absolute atomic E-state index is 5.12. The van der Waals surface area contributed by atoms with Gasteiger partial charge in [-0.15, -0.1) is 0 Å². The van der Waals surface area contributed by atoms with Crippen LogP contribution in [0.3, 0.4) is 0 Å². The number of methoxy groups -OCH3 is 1. The van der Waals surface area contributed by atoms with Crippen LogP contribution in [0.4, 0.5) is 0 Å². The Balaban J connectivity index is 1.82. The summed E-state index contributed by atoms with van der Waals surface area (Å²) in [5.41, 5.74) is 2.26. The van der Waals surface area contributed by atoms with Crippen molar-refractivity contribution in [3.05, 3.63) is 46.3 Å². The Morgan fingerprint density at radius 1 is 1.36 bits per heavy atom. The molecule has 0 aliphatic heterocycles. The highest BCUT2D eigenvalue weighted by molar-refractivity contribution is 7.07. The molecule has 2 N–H and O–H groups in total. The highest BCUT2D eigenvalue weighted by Crippen LogP contribution is 2.16. The molecular weight excluding hydrogens is 296 g/mol. The van der Waals surface area contributed by atoms with Crippen molar-refractivity contribution in [2.45, 2.75) is 19.4 Å². The first-order chi connectivity index (χ1) is 10.7. The molecule has 2 rings (SSSR count). The lowest BCUT2D eigenvalue weighted by molar-refractivity contribution is 0.396. The molecule has 0 bridgehead atoms. The molecule has 1 atom stereocenters. The fourth-order valence-electron chi connectivity index (χ4n) is 1.99. The normalized spacial score (nSPS) is 12.8. The van der Waals surface area contributed by atoms with Gasteiger partial charge in [-0.3, -0.25) is 4.99 Å². The molecule has 0 radical (unpaired) electrons. The van der Waals surface area contributed by atoms with Crippen molar-refractivity contribution in [3.8, 4) is 5.88 Å². The molecule has 22 heavy (non-hydrogen) atoms. The van der Waals surface area contributed by atoms with E-state index in [4.69, 9.17) is 4.74 Å². The molecule has 0 aromatic carbocycles. The molecule has 0 fully saturated rings. The van der Waals surface area contributed by atoms with Gasteiger partial charge < -0.3 is 15.4 Å². The van der Waals surface area contributed by atoms with Gasteiger partial charge in [-0.25, -0.2) is 4.98 Å². The van der Waals surface area contributed by atoms with E-state index in [1.165, 1.54) is 5.56 Å². The third kappa shape index (κ3) is 4.73. The number of guanidine groups is 1. The highest BCUT2D eigenvalue weighted by Gasteiger charge is 2.07. The van der Waals surface area contributed by atoms with Crippen molar-refractivity contribution in [2.75, 3.05) is 20.7 Å². The fourth-order valence-corrected chi connectivity index (χ4v) is 2.77. The van der Waals surface area contributed by atoms with E-state index in [2.05, 4.69) is 44.4 Å². The summed E-state index contributed by atoms with van der Waals surface area (Å²) in [6, 6.07) is 7.88. The summed E-state index contributed by atoms with van der Waals surface area (Å²) in [5, 5.41) is 10.9. The van der Waals surface area contributed by atoms with Crippen LogP contribution in [0.2, 0.25) is 0 Å². The summed E-state index contributed by atoms with van der Waals surface area (Å²) in [7, 11) is 3.38. The quantitative estimate of drug-likeness (QED) is 0.635. The molecule has 0 spiro atoms. The minimum Gasteiger partial charge on any atom is -0.481 e. The molecule has 118 valence electrons. The predicted octanol–water partition coefficient (Wildman–Crippen LogP) is 2.62. The Morgan fingerprint density at radius 3 is 2.91 bits per heavy atom. The number of aromatic nitrogens is 1. The minimum atomic E-state index is 0.444. The monoisotopic (exact) mass is 318 g/mol. The topological polar surface area (TPSA) is 58.5 Å². The number of pyridine rings is 1. The zero-order chi connectivity index (χ0) is 15.8. The zero-order valence-electron chi connectivity index (χ0n) is 13.2. The van der Waals surface area contributed by atoms with Crippen LogP contribution in [0.25, 0.3) is 0 Å². The van der Waals surface area contributed by atoms with Crippen molar-refractivity contribution in [2.24, 2.45) is 4.99 Å². The Kier molecular flexibility index (Phi) is 6.21. The summed E-state index contributed by atoms with van der Waals surface area (Å²) < 4.78 is 5.12. The lowest BCUT2D eigenvalue weighted by atomic mass is 10.1.